The lowest BCUT2D eigenvalue weighted by atomic mass is 10.0. The minimum atomic E-state index is -4.87. The number of carbonyl (C=O) groups is 1. The number of aliphatic carboxylic acids is 1. The number of alkyl halides is 3. The van der Waals surface area contributed by atoms with Gasteiger partial charge < -0.3 is 9.84 Å². The molecule has 1 N–H and O–H groups in total. The van der Waals surface area contributed by atoms with Crippen LogP contribution < -0.4 is 16.0 Å². The highest BCUT2D eigenvalue weighted by molar-refractivity contribution is 7.13. The number of hydrogen-bond acceptors (Lipinski definition) is 6. The van der Waals surface area contributed by atoms with Gasteiger partial charge in [-0.1, -0.05) is 17.7 Å². The van der Waals surface area contributed by atoms with Gasteiger partial charge in [-0.2, -0.15) is 17.5 Å². The molecule has 8 nitrogen and oxygen atoms in total. The van der Waals surface area contributed by atoms with Crippen molar-refractivity contribution in [1.82, 2.24) is 13.5 Å². The second-order valence-electron chi connectivity index (χ2n) is 8.22. The fourth-order valence-corrected chi connectivity index (χ4v) is 4.60. The first-order valence-electron chi connectivity index (χ1n) is 10.8. The molecule has 1 atom stereocenters. The summed E-state index contributed by atoms with van der Waals surface area (Å²) >= 11 is 1.12. The molecule has 4 rings (SSSR count). The van der Waals surface area contributed by atoms with E-state index in [0.29, 0.717) is 36.5 Å². The second-order valence-corrected chi connectivity index (χ2v) is 9.03. The van der Waals surface area contributed by atoms with E-state index in [0.717, 1.165) is 24.1 Å². The molecule has 0 spiro atoms. The van der Waals surface area contributed by atoms with Gasteiger partial charge in [0.1, 0.15) is 11.4 Å². The van der Waals surface area contributed by atoms with E-state index in [2.05, 4.69) is 11.0 Å². The van der Waals surface area contributed by atoms with E-state index >= 15 is 0 Å². The molecule has 192 valence electrons. The van der Waals surface area contributed by atoms with Gasteiger partial charge in [-0.3, -0.25) is 9.36 Å². The summed E-state index contributed by atoms with van der Waals surface area (Å²) in [5, 5.41) is 10.0. The largest absolute Gasteiger partial charge is 0.478 e. The minimum Gasteiger partial charge on any atom is -0.478 e. The van der Waals surface area contributed by atoms with Crippen LogP contribution in [0.15, 0.2) is 64.7 Å². The molecule has 0 aliphatic heterocycles. The number of fused-ring (bicyclic) bond motifs is 1. The number of halogens is 3. The Bertz CT molecular complexity index is 1650. The van der Waals surface area contributed by atoms with E-state index in [9.17, 15) is 32.7 Å². The number of ether oxygens (including phenoxy) is 1. The summed E-state index contributed by atoms with van der Waals surface area (Å²) in [5.41, 5.74) is -1.87. The lowest BCUT2D eigenvalue weighted by Crippen LogP contribution is -2.40. The van der Waals surface area contributed by atoms with Gasteiger partial charge in [-0.05, 0) is 48.8 Å². The number of hydrogen-bond donors (Lipinski definition) is 1. The Morgan fingerprint density at radius 3 is 2.59 bits per heavy atom. The first kappa shape index (κ1) is 25.9. The maximum atomic E-state index is 13.2. The van der Waals surface area contributed by atoms with Gasteiger partial charge in [0.05, 0.1) is 16.1 Å². The topological polar surface area (TPSA) is 103 Å². The average molecular weight is 532 g/mol. The fourth-order valence-electron chi connectivity index (χ4n) is 3.83. The molecule has 1 unspecified atom stereocenters. The fraction of sp³-hybridized carbons (Fsp3) is 0.200. The number of carboxylic acids is 1. The molecule has 0 bridgehead atoms. The summed E-state index contributed by atoms with van der Waals surface area (Å²) in [5.74, 6) is -0.922. The molecule has 0 amide bonds. The van der Waals surface area contributed by atoms with Crippen molar-refractivity contribution in [2.45, 2.75) is 25.6 Å². The van der Waals surface area contributed by atoms with Gasteiger partial charge in [-0.25, -0.2) is 14.2 Å². The third-order valence-electron chi connectivity index (χ3n) is 5.64. The van der Waals surface area contributed by atoms with Crippen LogP contribution in [0, 0.1) is 6.92 Å². The normalized spacial score (nSPS) is 12.5. The number of aryl methyl sites for hydroxylation is 1. The van der Waals surface area contributed by atoms with Crippen molar-refractivity contribution >= 4 is 27.6 Å². The van der Waals surface area contributed by atoms with Gasteiger partial charge >= 0.3 is 17.8 Å². The number of aromatic nitrogens is 3. The second kappa shape index (κ2) is 9.69. The van der Waals surface area contributed by atoms with Gasteiger partial charge in [0.2, 0.25) is 0 Å². The Hall–Kier alpha value is -4.19. The lowest BCUT2D eigenvalue weighted by Gasteiger charge is -2.17. The van der Waals surface area contributed by atoms with Crippen LogP contribution in [0.2, 0.25) is 0 Å². The molecule has 2 aromatic heterocycles. The molecule has 4 aromatic rings. The van der Waals surface area contributed by atoms with E-state index in [1.807, 2.05) is 6.92 Å². The zero-order valence-corrected chi connectivity index (χ0v) is 20.4. The number of carboxylic acid groups (broad SMARTS) is 1. The summed E-state index contributed by atoms with van der Waals surface area (Å²) in [7, 11) is 0.940. The van der Waals surface area contributed by atoms with Crippen LogP contribution in [-0.2, 0) is 18.0 Å². The zero-order chi connectivity index (χ0) is 27.1. The summed E-state index contributed by atoms with van der Waals surface area (Å²) in [6.07, 6.45) is -4.57. The number of benzene rings is 2. The van der Waals surface area contributed by atoms with Crippen molar-refractivity contribution in [3.05, 3.63) is 87.2 Å². The van der Waals surface area contributed by atoms with Crippen LogP contribution >= 0.6 is 11.5 Å². The number of rotatable bonds is 7. The number of nitrogens with zero attached hydrogens (tertiary/aromatic N) is 3. The highest BCUT2D eigenvalue weighted by Gasteiger charge is 2.35. The molecule has 0 fully saturated rings. The molecule has 0 radical (unpaired) electrons. The highest BCUT2D eigenvalue weighted by Crippen LogP contribution is 2.38. The van der Waals surface area contributed by atoms with E-state index in [4.69, 9.17) is 4.74 Å². The predicted octanol–water partition coefficient (Wildman–Crippen LogP) is 4.55. The lowest BCUT2D eigenvalue weighted by molar-refractivity contribution is -0.145. The Labute approximate surface area is 211 Å². The van der Waals surface area contributed by atoms with Gasteiger partial charge in [0.15, 0.2) is 6.10 Å². The first-order chi connectivity index (χ1) is 17.4. The molecular formula is C25H20F3N3O5S. The first-order valence-corrected chi connectivity index (χ1v) is 11.6. The van der Waals surface area contributed by atoms with Crippen molar-refractivity contribution < 1.29 is 27.8 Å². The molecule has 12 heteroatoms. The Morgan fingerprint density at radius 2 is 1.95 bits per heavy atom. The van der Waals surface area contributed by atoms with Crippen LogP contribution in [0.5, 0.6) is 5.75 Å². The van der Waals surface area contributed by atoms with E-state index in [1.165, 1.54) is 18.2 Å². The van der Waals surface area contributed by atoms with Crippen LogP contribution in [0.3, 0.4) is 0 Å². The standard InChI is InChI=1S/C25H20F3N3O5S/c1-4-5-18(23(33)34)36-17-8-6-13(2)10-15(17)22-16-11-14(7-9-19(16)37-29-22)31-21(32)12-20(25(26,27)28)30(3)24(31)35/h4,6-12,18H,1,5H2,2-3H3,(H,33,34). The van der Waals surface area contributed by atoms with Crippen molar-refractivity contribution in [2.75, 3.05) is 0 Å². The summed E-state index contributed by atoms with van der Waals surface area (Å²) < 4.78 is 51.7. The van der Waals surface area contributed by atoms with Crippen molar-refractivity contribution in [3.63, 3.8) is 0 Å². The Morgan fingerprint density at radius 1 is 1.22 bits per heavy atom. The molecule has 37 heavy (non-hydrogen) atoms. The monoisotopic (exact) mass is 531 g/mol. The summed E-state index contributed by atoms with van der Waals surface area (Å²) in [4.78, 5) is 37.0. The van der Waals surface area contributed by atoms with Crippen LogP contribution in [0.4, 0.5) is 13.2 Å². The molecule has 0 saturated carbocycles. The summed E-state index contributed by atoms with van der Waals surface area (Å²) in [6, 6.07) is 10.0. The molecule has 2 heterocycles. The van der Waals surface area contributed by atoms with Crippen molar-refractivity contribution in [2.24, 2.45) is 7.05 Å². The van der Waals surface area contributed by atoms with Gasteiger partial charge in [0.25, 0.3) is 5.56 Å². The molecule has 2 aromatic carbocycles. The zero-order valence-electron chi connectivity index (χ0n) is 19.6. The van der Waals surface area contributed by atoms with E-state index < -0.39 is 35.2 Å². The van der Waals surface area contributed by atoms with Crippen molar-refractivity contribution in [1.29, 1.82) is 0 Å². The van der Waals surface area contributed by atoms with Crippen LogP contribution in [0.1, 0.15) is 17.7 Å². The smallest absolute Gasteiger partial charge is 0.431 e. The maximum absolute atomic E-state index is 13.2. The molecule has 0 saturated heterocycles. The summed E-state index contributed by atoms with van der Waals surface area (Å²) in [6.45, 7) is 5.39. The Balaban J connectivity index is 1.89. The van der Waals surface area contributed by atoms with Crippen molar-refractivity contribution in [3.8, 4) is 22.7 Å². The average Bonchev–Trinajstić information content (AvgIpc) is 3.24. The molecule has 0 aliphatic carbocycles. The quantitative estimate of drug-likeness (QED) is 0.351. The predicted molar refractivity (Wildman–Crippen MR) is 132 cm³/mol. The van der Waals surface area contributed by atoms with Gasteiger partial charge in [-0.15, -0.1) is 6.58 Å². The Kier molecular flexibility index (Phi) is 6.78. The third-order valence-corrected chi connectivity index (χ3v) is 6.46. The van der Waals surface area contributed by atoms with Gasteiger partial charge in [0, 0.05) is 30.5 Å². The maximum Gasteiger partial charge on any atom is 0.431 e. The van der Waals surface area contributed by atoms with E-state index in [-0.39, 0.29) is 17.9 Å². The molecular weight excluding hydrogens is 511 g/mol. The van der Waals surface area contributed by atoms with Crippen LogP contribution in [0.25, 0.3) is 27.0 Å². The van der Waals surface area contributed by atoms with Crippen LogP contribution in [-0.4, -0.2) is 30.7 Å². The minimum absolute atomic E-state index is 0.0541. The SMILES string of the molecule is C=CCC(Oc1ccc(C)cc1-c1nsc2ccc(-n3c(=O)cc(C(F)(F)F)n(C)c3=O)cc12)C(=O)O. The molecule has 0 aliphatic rings. The highest BCUT2D eigenvalue weighted by atomic mass is 32.1. The third kappa shape index (κ3) is 4.92. The van der Waals surface area contributed by atoms with E-state index in [1.54, 1.807) is 24.3 Å².